The summed E-state index contributed by atoms with van der Waals surface area (Å²) in [4.78, 5) is 17.9. The summed E-state index contributed by atoms with van der Waals surface area (Å²) in [6, 6.07) is 7.87. The van der Waals surface area contributed by atoms with Crippen LogP contribution in [0.2, 0.25) is 0 Å². The number of ether oxygens (including phenoxy) is 1. The molecule has 1 aromatic heterocycles. The van der Waals surface area contributed by atoms with Crippen molar-refractivity contribution < 1.29 is 4.74 Å². The fourth-order valence-corrected chi connectivity index (χ4v) is 2.03. The van der Waals surface area contributed by atoms with Crippen molar-refractivity contribution in [3.05, 3.63) is 51.0 Å². The van der Waals surface area contributed by atoms with E-state index in [-0.39, 0.29) is 21.3 Å². The molecule has 0 spiro atoms. The van der Waals surface area contributed by atoms with Gasteiger partial charge in [0.1, 0.15) is 10.2 Å². The van der Waals surface area contributed by atoms with Gasteiger partial charge in [0.25, 0.3) is 5.56 Å². The summed E-state index contributed by atoms with van der Waals surface area (Å²) in [7, 11) is 0. The third-order valence-corrected chi connectivity index (χ3v) is 4.20. The van der Waals surface area contributed by atoms with Crippen molar-refractivity contribution in [2.45, 2.75) is 32.6 Å². The number of hydrogen-bond acceptors (Lipinski definition) is 3. The van der Waals surface area contributed by atoms with Gasteiger partial charge < -0.3 is 9.72 Å². The lowest BCUT2D eigenvalue weighted by atomic mass is 9.82. The van der Waals surface area contributed by atoms with Crippen LogP contribution >= 0.6 is 15.9 Å². The van der Waals surface area contributed by atoms with Crippen LogP contribution in [0.25, 0.3) is 0 Å². The van der Waals surface area contributed by atoms with Gasteiger partial charge in [-0.2, -0.15) is 0 Å². The standard InChI is InChI=1S/C15H17BrN2O2/c1-4-15(2,3)10-5-7-11(8-6-10)20-14-12(16)13(19)17-9-18-14/h5-9H,4H2,1-3H3,(H,17,18,19). The van der Waals surface area contributed by atoms with E-state index < -0.39 is 0 Å². The van der Waals surface area contributed by atoms with Crippen LogP contribution < -0.4 is 10.3 Å². The van der Waals surface area contributed by atoms with Crippen LogP contribution in [0.15, 0.2) is 39.9 Å². The Morgan fingerprint density at radius 2 is 1.95 bits per heavy atom. The molecule has 0 amide bonds. The smallest absolute Gasteiger partial charge is 0.268 e. The lowest BCUT2D eigenvalue weighted by Gasteiger charge is -2.23. The van der Waals surface area contributed by atoms with E-state index >= 15 is 0 Å². The van der Waals surface area contributed by atoms with E-state index in [1.807, 2.05) is 24.3 Å². The SMILES string of the molecule is CCC(C)(C)c1ccc(Oc2nc[nH]c(=O)c2Br)cc1. The van der Waals surface area contributed by atoms with Gasteiger partial charge >= 0.3 is 0 Å². The highest BCUT2D eigenvalue weighted by molar-refractivity contribution is 9.10. The minimum Gasteiger partial charge on any atom is -0.438 e. The predicted octanol–water partition coefficient (Wildman–Crippen LogP) is 4.01. The molecule has 20 heavy (non-hydrogen) atoms. The predicted molar refractivity (Wildman–Crippen MR) is 82.4 cm³/mol. The third-order valence-electron chi connectivity index (χ3n) is 3.50. The minimum atomic E-state index is -0.265. The lowest BCUT2D eigenvalue weighted by molar-refractivity contribution is 0.455. The summed E-state index contributed by atoms with van der Waals surface area (Å²) >= 11 is 3.16. The van der Waals surface area contributed by atoms with Gasteiger partial charge in [0.05, 0.1) is 6.33 Å². The molecule has 1 aromatic carbocycles. The van der Waals surface area contributed by atoms with Crippen LogP contribution in [-0.4, -0.2) is 9.97 Å². The van der Waals surface area contributed by atoms with Crippen molar-refractivity contribution in [1.29, 1.82) is 0 Å². The molecule has 0 unspecified atom stereocenters. The maximum Gasteiger partial charge on any atom is 0.268 e. The van der Waals surface area contributed by atoms with Crippen LogP contribution in [0.1, 0.15) is 32.8 Å². The molecule has 1 heterocycles. The Bertz CT molecular complexity index is 648. The van der Waals surface area contributed by atoms with E-state index in [0.29, 0.717) is 5.75 Å². The Morgan fingerprint density at radius 1 is 1.30 bits per heavy atom. The van der Waals surface area contributed by atoms with Gasteiger partial charge in [-0.1, -0.05) is 32.9 Å². The second kappa shape index (κ2) is 5.79. The van der Waals surface area contributed by atoms with E-state index in [9.17, 15) is 4.79 Å². The van der Waals surface area contributed by atoms with Gasteiger partial charge in [-0.3, -0.25) is 4.79 Å². The molecular weight excluding hydrogens is 320 g/mol. The van der Waals surface area contributed by atoms with Crippen molar-refractivity contribution in [3.8, 4) is 11.6 Å². The Balaban J connectivity index is 2.23. The summed E-state index contributed by atoms with van der Waals surface area (Å²) in [5, 5.41) is 0. The number of benzene rings is 1. The average molecular weight is 337 g/mol. The first-order chi connectivity index (χ1) is 9.44. The molecule has 0 aliphatic heterocycles. The van der Waals surface area contributed by atoms with Crippen LogP contribution in [0.4, 0.5) is 0 Å². The topological polar surface area (TPSA) is 55.0 Å². The van der Waals surface area contributed by atoms with Crippen molar-refractivity contribution in [2.24, 2.45) is 0 Å². The molecule has 0 saturated carbocycles. The maximum absolute atomic E-state index is 11.4. The van der Waals surface area contributed by atoms with Crippen LogP contribution in [0.3, 0.4) is 0 Å². The lowest BCUT2D eigenvalue weighted by Crippen LogP contribution is -2.15. The van der Waals surface area contributed by atoms with Crippen LogP contribution in [0, 0.1) is 0 Å². The fourth-order valence-electron chi connectivity index (χ4n) is 1.73. The number of H-pyrrole nitrogens is 1. The first kappa shape index (κ1) is 14.8. The Hall–Kier alpha value is -1.62. The van der Waals surface area contributed by atoms with Gasteiger partial charge in [0.2, 0.25) is 5.88 Å². The summed E-state index contributed by atoms with van der Waals surface area (Å²) in [6.45, 7) is 6.58. The molecule has 106 valence electrons. The van der Waals surface area contributed by atoms with Crippen LogP contribution in [0.5, 0.6) is 11.6 Å². The Morgan fingerprint density at radius 3 is 2.55 bits per heavy atom. The quantitative estimate of drug-likeness (QED) is 0.917. The number of hydrogen-bond donors (Lipinski definition) is 1. The first-order valence-corrected chi connectivity index (χ1v) is 7.25. The average Bonchev–Trinajstić information content (AvgIpc) is 2.44. The highest BCUT2D eigenvalue weighted by Gasteiger charge is 2.17. The van der Waals surface area contributed by atoms with Crippen molar-refractivity contribution in [1.82, 2.24) is 9.97 Å². The normalized spacial score (nSPS) is 11.4. The zero-order chi connectivity index (χ0) is 14.8. The largest absolute Gasteiger partial charge is 0.438 e. The van der Waals surface area contributed by atoms with Crippen LogP contribution in [-0.2, 0) is 5.41 Å². The molecule has 2 rings (SSSR count). The summed E-state index contributed by atoms with van der Waals surface area (Å²) < 4.78 is 5.90. The monoisotopic (exact) mass is 336 g/mol. The second-order valence-electron chi connectivity index (χ2n) is 5.21. The molecule has 0 bridgehead atoms. The zero-order valence-corrected chi connectivity index (χ0v) is 13.3. The van der Waals surface area contributed by atoms with Crippen molar-refractivity contribution >= 4 is 15.9 Å². The van der Waals surface area contributed by atoms with E-state index in [4.69, 9.17) is 4.74 Å². The van der Waals surface area contributed by atoms with E-state index in [1.54, 1.807) is 0 Å². The molecule has 1 N–H and O–H groups in total. The van der Waals surface area contributed by atoms with E-state index in [1.165, 1.54) is 11.9 Å². The summed E-state index contributed by atoms with van der Waals surface area (Å²) in [6.07, 6.45) is 2.38. The van der Waals surface area contributed by atoms with Gasteiger partial charge in [-0.25, -0.2) is 4.98 Å². The summed E-state index contributed by atoms with van der Waals surface area (Å²) in [5.41, 5.74) is 1.13. The number of nitrogens with one attached hydrogen (secondary N) is 1. The third kappa shape index (κ3) is 3.10. The molecule has 0 aliphatic carbocycles. The molecule has 0 aliphatic rings. The molecule has 5 heteroatoms. The van der Waals surface area contributed by atoms with Crippen molar-refractivity contribution in [3.63, 3.8) is 0 Å². The first-order valence-electron chi connectivity index (χ1n) is 6.45. The van der Waals surface area contributed by atoms with Crippen molar-refractivity contribution in [2.75, 3.05) is 0 Å². The minimum absolute atomic E-state index is 0.140. The van der Waals surface area contributed by atoms with E-state index in [2.05, 4.69) is 46.7 Å². The Kier molecular flexibility index (Phi) is 4.28. The Labute approximate surface area is 126 Å². The van der Waals surface area contributed by atoms with Gasteiger partial charge in [0.15, 0.2) is 0 Å². The molecular formula is C15H17BrN2O2. The highest BCUT2D eigenvalue weighted by atomic mass is 79.9. The van der Waals surface area contributed by atoms with Gasteiger partial charge in [0, 0.05) is 0 Å². The number of aromatic nitrogens is 2. The number of rotatable bonds is 4. The fraction of sp³-hybridized carbons (Fsp3) is 0.333. The second-order valence-corrected chi connectivity index (χ2v) is 6.01. The maximum atomic E-state index is 11.4. The van der Waals surface area contributed by atoms with Gasteiger partial charge in [-0.15, -0.1) is 0 Å². The molecule has 0 atom stereocenters. The molecule has 2 aromatic rings. The molecule has 0 radical (unpaired) electrons. The molecule has 4 nitrogen and oxygen atoms in total. The number of nitrogens with zero attached hydrogens (tertiary/aromatic N) is 1. The highest BCUT2D eigenvalue weighted by Crippen LogP contribution is 2.30. The zero-order valence-electron chi connectivity index (χ0n) is 11.7. The van der Waals surface area contributed by atoms with E-state index in [0.717, 1.165) is 6.42 Å². The van der Waals surface area contributed by atoms with Gasteiger partial charge in [-0.05, 0) is 45.5 Å². The number of halogens is 1. The summed E-state index contributed by atoms with van der Waals surface area (Å²) in [5.74, 6) is 0.913. The molecule has 0 saturated heterocycles. The number of aromatic amines is 1. The molecule has 0 fully saturated rings.